The van der Waals surface area contributed by atoms with Crippen molar-refractivity contribution in [1.29, 1.82) is 0 Å². The molecule has 0 aliphatic heterocycles. The van der Waals surface area contributed by atoms with Gasteiger partial charge in [0.25, 0.3) is 11.8 Å². The molecule has 1 heterocycles. The van der Waals surface area contributed by atoms with E-state index in [0.717, 1.165) is 5.56 Å². The van der Waals surface area contributed by atoms with Crippen LogP contribution < -0.4 is 31.0 Å². The van der Waals surface area contributed by atoms with Crippen LogP contribution >= 0.6 is 0 Å². The zero-order valence-electron chi connectivity index (χ0n) is 30.8. The molecule has 1 aliphatic rings. The van der Waals surface area contributed by atoms with Crippen molar-refractivity contribution >= 4 is 28.7 Å². The molecule has 1 aliphatic carbocycles. The van der Waals surface area contributed by atoms with E-state index in [-0.39, 0.29) is 76.9 Å². The van der Waals surface area contributed by atoms with E-state index in [0.29, 0.717) is 41.6 Å². The number of carbonyl (C=O) groups is 3. The predicted octanol–water partition coefficient (Wildman–Crippen LogP) is 3.62. The maximum absolute atomic E-state index is 13.2. The molecule has 292 valence electrons. The second-order valence-electron chi connectivity index (χ2n) is 14.0. The van der Waals surface area contributed by atoms with Crippen molar-refractivity contribution < 1.29 is 44.3 Å². The number of amides is 2. The standard InChI is InChI=1S/C42H44N4O10/c1-24(2)56-36-17-25(11-12-26(36)21-43-22-35(48)32-13-15-34(47)39-33(32)14-16-37(49)46-39)40(51)45-30-19-29(20-30)44-38(50)23-55-31-10-6-9-28(18-31)42(54,41(52)53)27-7-4-3-5-8-27/h3-18,24,29-30,35,43,47-48,54H,19-23H2,1-2H3,(H,44,50)(H,45,51)(H,46,49)(H,52,53)/t29-,30-,35-,42-/m0/s1. The van der Waals surface area contributed by atoms with Crippen molar-refractivity contribution in [1.82, 2.24) is 20.9 Å². The molecule has 2 amide bonds. The number of carboxylic acids is 1. The average Bonchev–Trinajstić information content (AvgIpc) is 3.16. The molecule has 8 N–H and O–H groups in total. The molecule has 0 saturated heterocycles. The molecule has 0 unspecified atom stereocenters. The third-order valence-corrected chi connectivity index (χ3v) is 9.57. The summed E-state index contributed by atoms with van der Waals surface area (Å²) in [6.07, 6.45) is -0.0872. The molecule has 14 heteroatoms. The van der Waals surface area contributed by atoms with E-state index < -0.39 is 17.7 Å². The van der Waals surface area contributed by atoms with Gasteiger partial charge in [-0.15, -0.1) is 0 Å². The molecule has 1 saturated carbocycles. The fraction of sp³-hybridized carbons (Fsp3) is 0.286. The van der Waals surface area contributed by atoms with Crippen molar-refractivity contribution in [3.63, 3.8) is 0 Å². The molecule has 0 bridgehead atoms. The van der Waals surface area contributed by atoms with Gasteiger partial charge in [-0.25, -0.2) is 4.79 Å². The summed E-state index contributed by atoms with van der Waals surface area (Å²) in [5.74, 6) is -1.49. The van der Waals surface area contributed by atoms with Crippen LogP contribution in [-0.2, 0) is 21.7 Å². The first kappa shape index (κ1) is 39.5. The Morgan fingerprint density at radius 3 is 2.36 bits per heavy atom. The van der Waals surface area contributed by atoms with Crippen LogP contribution in [0.4, 0.5) is 0 Å². The van der Waals surface area contributed by atoms with Gasteiger partial charge in [0.15, 0.2) is 6.61 Å². The number of aromatic hydroxyl groups is 1. The minimum Gasteiger partial charge on any atom is -0.506 e. The maximum Gasteiger partial charge on any atom is 0.345 e. The van der Waals surface area contributed by atoms with Crippen molar-refractivity contribution in [2.24, 2.45) is 0 Å². The van der Waals surface area contributed by atoms with Crippen LogP contribution in [0.15, 0.2) is 102 Å². The van der Waals surface area contributed by atoms with Crippen molar-refractivity contribution in [3.05, 3.63) is 135 Å². The highest BCUT2D eigenvalue weighted by Gasteiger charge is 2.40. The van der Waals surface area contributed by atoms with Crippen LogP contribution in [0.1, 0.15) is 65.4 Å². The molecular formula is C42H44N4O10. The number of aliphatic hydroxyl groups is 2. The van der Waals surface area contributed by atoms with Crippen LogP contribution in [0, 0.1) is 0 Å². The Morgan fingerprint density at radius 1 is 0.893 bits per heavy atom. The lowest BCUT2D eigenvalue weighted by Gasteiger charge is -2.36. The van der Waals surface area contributed by atoms with E-state index in [4.69, 9.17) is 9.47 Å². The summed E-state index contributed by atoms with van der Waals surface area (Å²) in [6, 6.07) is 24.7. The number of phenolic OH excluding ortho intramolecular Hbond substituents is 1. The van der Waals surface area contributed by atoms with Gasteiger partial charge in [-0.1, -0.05) is 54.6 Å². The van der Waals surface area contributed by atoms with E-state index >= 15 is 0 Å². The number of nitrogens with one attached hydrogen (secondary N) is 4. The maximum atomic E-state index is 13.2. The van der Waals surface area contributed by atoms with E-state index in [9.17, 15) is 39.6 Å². The van der Waals surface area contributed by atoms with Gasteiger partial charge in [-0.05, 0) is 74.2 Å². The molecule has 0 spiro atoms. The lowest BCUT2D eigenvalue weighted by atomic mass is 9.86. The molecule has 14 nitrogen and oxygen atoms in total. The van der Waals surface area contributed by atoms with Gasteiger partial charge < -0.3 is 50.8 Å². The predicted molar refractivity (Wildman–Crippen MR) is 207 cm³/mol. The number of phenols is 1. The SMILES string of the molecule is CC(C)Oc1cc(C(=O)N[C@H]2C[C@H](NC(=O)COc3cccc([C@](O)(C(=O)O)c4ccccc4)c3)C2)ccc1CNC[C@H](O)c1ccc(O)c2[nH]c(=O)ccc12. The lowest BCUT2D eigenvalue weighted by Crippen LogP contribution is -2.54. The Hall–Kier alpha value is -6.22. The molecular weight excluding hydrogens is 720 g/mol. The Bertz CT molecular complexity index is 2270. The fourth-order valence-electron chi connectivity index (χ4n) is 6.65. The Balaban J connectivity index is 0.981. The van der Waals surface area contributed by atoms with Crippen LogP contribution in [0.3, 0.4) is 0 Å². The van der Waals surface area contributed by atoms with Crippen molar-refractivity contribution in [2.75, 3.05) is 13.2 Å². The number of carboxylic acid groups (broad SMARTS) is 1. The first-order chi connectivity index (χ1) is 26.8. The Kier molecular flexibility index (Phi) is 12.0. The zero-order valence-corrected chi connectivity index (χ0v) is 30.8. The quantitative estimate of drug-likeness (QED) is 0.0726. The Morgan fingerprint density at radius 2 is 1.62 bits per heavy atom. The molecule has 1 fully saturated rings. The molecule has 56 heavy (non-hydrogen) atoms. The minimum absolute atomic E-state index is 0.0812. The summed E-state index contributed by atoms with van der Waals surface area (Å²) in [5, 5.41) is 51.8. The number of hydrogen-bond acceptors (Lipinski definition) is 10. The summed E-state index contributed by atoms with van der Waals surface area (Å²) in [5.41, 5.74) is -0.440. The average molecular weight is 765 g/mol. The smallest absolute Gasteiger partial charge is 0.345 e. The monoisotopic (exact) mass is 764 g/mol. The van der Waals surface area contributed by atoms with E-state index in [2.05, 4.69) is 20.9 Å². The van der Waals surface area contributed by atoms with Gasteiger partial charge in [0, 0.05) is 53.3 Å². The number of rotatable bonds is 16. The highest BCUT2D eigenvalue weighted by molar-refractivity contribution is 5.95. The number of pyridine rings is 1. The summed E-state index contributed by atoms with van der Waals surface area (Å²) < 4.78 is 11.7. The third-order valence-electron chi connectivity index (χ3n) is 9.57. The summed E-state index contributed by atoms with van der Waals surface area (Å²) in [7, 11) is 0. The number of aliphatic carboxylic acids is 1. The number of aliphatic hydroxyl groups excluding tert-OH is 1. The molecule has 0 radical (unpaired) electrons. The first-order valence-electron chi connectivity index (χ1n) is 18.2. The van der Waals surface area contributed by atoms with Gasteiger partial charge in [0.1, 0.15) is 17.2 Å². The van der Waals surface area contributed by atoms with Crippen LogP contribution in [-0.4, -0.2) is 74.5 Å². The topological polar surface area (TPSA) is 220 Å². The normalized spacial score (nSPS) is 16.7. The first-order valence-corrected chi connectivity index (χ1v) is 18.2. The third kappa shape index (κ3) is 9.00. The van der Waals surface area contributed by atoms with Gasteiger partial charge in [0.2, 0.25) is 11.2 Å². The largest absolute Gasteiger partial charge is 0.506 e. The van der Waals surface area contributed by atoms with Crippen LogP contribution in [0.2, 0.25) is 0 Å². The molecule has 1 aromatic heterocycles. The number of ether oxygens (including phenoxy) is 2. The number of aromatic nitrogens is 1. The van der Waals surface area contributed by atoms with Crippen molar-refractivity contribution in [3.8, 4) is 17.2 Å². The van der Waals surface area contributed by atoms with Crippen LogP contribution in [0.5, 0.6) is 17.2 Å². The van der Waals surface area contributed by atoms with Gasteiger partial charge >= 0.3 is 5.97 Å². The Labute approximate surface area is 322 Å². The summed E-state index contributed by atoms with van der Waals surface area (Å²) in [4.78, 5) is 52.4. The molecule has 2 atom stereocenters. The minimum atomic E-state index is -2.31. The van der Waals surface area contributed by atoms with Gasteiger partial charge in [-0.2, -0.15) is 0 Å². The summed E-state index contributed by atoms with van der Waals surface area (Å²) >= 11 is 0. The van der Waals surface area contributed by atoms with E-state index in [1.54, 1.807) is 60.7 Å². The number of fused-ring (bicyclic) bond motifs is 1. The highest BCUT2D eigenvalue weighted by atomic mass is 16.5. The van der Waals surface area contributed by atoms with Crippen molar-refractivity contribution in [2.45, 2.75) is 63.1 Å². The number of hydrogen-bond donors (Lipinski definition) is 8. The summed E-state index contributed by atoms with van der Waals surface area (Å²) in [6.45, 7) is 3.91. The van der Waals surface area contributed by atoms with Gasteiger partial charge in [-0.3, -0.25) is 14.4 Å². The van der Waals surface area contributed by atoms with Crippen LogP contribution in [0.25, 0.3) is 10.9 Å². The molecule has 5 aromatic rings. The van der Waals surface area contributed by atoms with Gasteiger partial charge in [0.05, 0.1) is 17.7 Å². The number of H-pyrrole nitrogens is 1. The molecule has 4 aromatic carbocycles. The second-order valence-corrected chi connectivity index (χ2v) is 14.0. The highest BCUT2D eigenvalue weighted by Crippen LogP contribution is 2.33. The lowest BCUT2D eigenvalue weighted by molar-refractivity contribution is -0.155. The fourth-order valence-corrected chi connectivity index (χ4v) is 6.65. The second kappa shape index (κ2) is 17.1. The molecule has 6 rings (SSSR count). The number of carbonyl (C=O) groups excluding carboxylic acids is 2. The van der Waals surface area contributed by atoms with E-state index in [1.165, 1.54) is 36.4 Å². The number of aromatic amines is 1. The zero-order chi connectivity index (χ0) is 40.0. The number of benzene rings is 4. The van der Waals surface area contributed by atoms with E-state index in [1.807, 2.05) is 13.8 Å².